The fraction of sp³-hybridized carbons (Fsp3) is 0.0714. The van der Waals surface area contributed by atoms with Gasteiger partial charge in [-0.15, -0.1) is 0 Å². The number of nitrogens with zero attached hydrogens (tertiary/aromatic N) is 4. The maximum Gasteiger partial charge on any atom is 0.229 e. The third-order valence-electron chi connectivity index (χ3n) is 2.95. The molecule has 3 aromatic heterocycles. The van der Waals surface area contributed by atoms with Crippen molar-refractivity contribution in [1.29, 1.82) is 0 Å². The molecule has 0 aliphatic rings. The molecule has 0 atom stereocenters. The summed E-state index contributed by atoms with van der Waals surface area (Å²) in [5.41, 5.74) is 7.78. The number of imidazole rings is 1. The lowest BCUT2D eigenvalue weighted by molar-refractivity contribution is -0.115. The number of anilines is 3. The molecule has 0 saturated heterocycles. The number of carbonyl (C=O) groups excluding carboxylic acids is 1. The van der Waals surface area contributed by atoms with Gasteiger partial charge in [0.1, 0.15) is 11.5 Å². The van der Waals surface area contributed by atoms with Gasteiger partial charge in [0.05, 0.1) is 5.69 Å². The molecule has 0 aromatic carbocycles. The van der Waals surface area contributed by atoms with Gasteiger partial charge in [-0.3, -0.25) is 9.69 Å². The average molecular weight is 267 g/mol. The van der Waals surface area contributed by atoms with Gasteiger partial charge >= 0.3 is 0 Å². The molecular weight excluding hydrogens is 254 g/mol. The summed E-state index contributed by atoms with van der Waals surface area (Å²) in [7, 11) is 0. The average Bonchev–Trinajstić information content (AvgIpc) is 2.86. The molecule has 0 bridgehead atoms. The molecule has 20 heavy (non-hydrogen) atoms. The summed E-state index contributed by atoms with van der Waals surface area (Å²) in [6.07, 6.45) is 6.97. The van der Waals surface area contributed by atoms with Crippen LogP contribution in [-0.4, -0.2) is 20.3 Å². The van der Waals surface area contributed by atoms with Crippen molar-refractivity contribution in [2.24, 2.45) is 0 Å². The maximum atomic E-state index is 11.9. The summed E-state index contributed by atoms with van der Waals surface area (Å²) < 4.78 is 1.87. The molecule has 100 valence electrons. The van der Waals surface area contributed by atoms with E-state index in [0.717, 1.165) is 5.65 Å². The second kappa shape index (κ2) is 4.65. The Balaban J connectivity index is 2.12. The SMILES string of the molecule is CC(=O)N(c1ccn2ccnc2c1)c1cc(N)ccn1. The van der Waals surface area contributed by atoms with Crippen molar-refractivity contribution < 1.29 is 4.79 Å². The molecule has 0 aliphatic carbocycles. The van der Waals surface area contributed by atoms with Gasteiger partial charge in [-0.2, -0.15) is 0 Å². The molecule has 3 rings (SSSR count). The van der Waals surface area contributed by atoms with Crippen LogP contribution in [0.5, 0.6) is 0 Å². The zero-order chi connectivity index (χ0) is 14.1. The topological polar surface area (TPSA) is 76.5 Å². The zero-order valence-corrected chi connectivity index (χ0v) is 10.9. The molecular formula is C14H13N5O. The van der Waals surface area contributed by atoms with Crippen LogP contribution in [0.3, 0.4) is 0 Å². The first-order valence-corrected chi connectivity index (χ1v) is 6.10. The van der Waals surface area contributed by atoms with E-state index in [9.17, 15) is 4.79 Å². The van der Waals surface area contributed by atoms with E-state index in [2.05, 4.69) is 9.97 Å². The van der Waals surface area contributed by atoms with E-state index in [1.54, 1.807) is 24.5 Å². The molecule has 0 fully saturated rings. The normalized spacial score (nSPS) is 10.7. The smallest absolute Gasteiger partial charge is 0.229 e. The van der Waals surface area contributed by atoms with Crippen molar-refractivity contribution in [1.82, 2.24) is 14.4 Å². The van der Waals surface area contributed by atoms with Crippen LogP contribution in [0.2, 0.25) is 0 Å². The summed E-state index contributed by atoms with van der Waals surface area (Å²) >= 11 is 0. The Bertz CT molecular complexity index is 780. The maximum absolute atomic E-state index is 11.9. The van der Waals surface area contributed by atoms with E-state index in [1.165, 1.54) is 11.8 Å². The number of aromatic nitrogens is 3. The summed E-state index contributed by atoms with van der Waals surface area (Å²) in [5.74, 6) is 0.354. The molecule has 2 N–H and O–H groups in total. The first kappa shape index (κ1) is 12.2. The first-order valence-electron chi connectivity index (χ1n) is 6.10. The highest BCUT2D eigenvalue weighted by molar-refractivity contribution is 5.98. The van der Waals surface area contributed by atoms with Crippen LogP contribution in [0.25, 0.3) is 5.65 Å². The Hall–Kier alpha value is -2.89. The number of carbonyl (C=O) groups is 1. The molecule has 0 aliphatic heterocycles. The monoisotopic (exact) mass is 267 g/mol. The van der Waals surface area contributed by atoms with E-state index in [1.807, 2.05) is 28.9 Å². The van der Waals surface area contributed by atoms with Gasteiger partial charge in [0.15, 0.2) is 0 Å². The Morgan fingerprint density at radius 3 is 2.80 bits per heavy atom. The molecule has 3 aromatic rings. The fourth-order valence-electron chi connectivity index (χ4n) is 2.07. The minimum Gasteiger partial charge on any atom is -0.399 e. The Morgan fingerprint density at radius 1 is 1.20 bits per heavy atom. The van der Waals surface area contributed by atoms with Crippen LogP contribution < -0.4 is 10.6 Å². The Labute approximate surface area is 115 Å². The number of hydrogen-bond acceptors (Lipinski definition) is 4. The summed E-state index contributed by atoms with van der Waals surface area (Å²) in [4.78, 5) is 21.9. The first-order chi connectivity index (χ1) is 9.65. The van der Waals surface area contributed by atoms with Crippen molar-refractivity contribution in [3.8, 4) is 0 Å². The van der Waals surface area contributed by atoms with E-state index >= 15 is 0 Å². The van der Waals surface area contributed by atoms with Crippen molar-refractivity contribution in [3.05, 3.63) is 49.1 Å². The number of nitrogens with two attached hydrogens (primary N) is 1. The standard InChI is InChI=1S/C14H13N5O/c1-10(20)19(14-8-11(15)2-4-16-14)12-3-6-18-7-5-17-13(18)9-12/h2-9H,1H3,(H2,15,16). The van der Waals surface area contributed by atoms with Crippen LogP contribution in [0.4, 0.5) is 17.2 Å². The van der Waals surface area contributed by atoms with Crippen molar-refractivity contribution in [2.45, 2.75) is 6.92 Å². The number of fused-ring (bicyclic) bond motifs is 1. The number of rotatable bonds is 2. The van der Waals surface area contributed by atoms with Crippen LogP contribution in [0.1, 0.15) is 6.92 Å². The zero-order valence-electron chi connectivity index (χ0n) is 10.9. The molecule has 0 radical (unpaired) electrons. The van der Waals surface area contributed by atoms with Crippen molar-refractivity contribution >= 4 is 28.7 Å². The minimum absolute atomic E-state index is 0.140. The highest BCUT2D eigenvalue weighted by atomic mass is 16.2. The Morgan fingerprint density at radius 2 is 2.05 bits per heavy atom. The third kappa shape index (κ3) is 2.07. The highest BCUT2D eigenvalue weighted by Crippen LogP contribution is 2.25. The molecule has 0 spiro atoms. The number of amides is 1. The molecule has 0 unspecified atom stereocenters. The molecule has 1 amide bonds. The van der Waals surface area contributed by atoms with Crippen molar-refractivity contribution in [2.75, 3.05) is 10.6 Å². The quantitative estimate of drug-likeness (QED) is 0.770. The lowest BCUT2D eigenvalue weighted by Crippen LogP contribution is -2.23. The van der Waals surface area contributed by atoms with Crippen LogP contribution >= 0.6 is 0 Å². The fourth-order valence-corrected chi connectivity index (χ4v) is 2.07. The van der Waals surface area contributed by atoms with E-state index in [-0.39, 0.29) is 5.91 Å². The number of hydrogen-bond donors (Lipinski definition) is 1. The molecule has 6 nitrogen and oxygen atoms in total. The van der Waals surface area contributed by atoms with Gasteiger partial charge in [0, 0.05) is 49.5 Å². The largest absolute Gasteiger partial charge is 0.399 e. The summed E-state index contributed by atoms with van der Waals surface area (Å²) in [6, 6.07) is 7.00. The van der Waals surface area contributed by atoms with Gasteiger partial charge in [-0.05, 0) is 12.1 Å². The van der Waals surface area contributed by atoms with E-state index < -0.39 is 0 Å². The lowest BCUT2D eigenvalue weighted by Gasteiger charge is -2.20. The molecule has 3 heterocycles. The Kier molecular flexibility index (Phi) is 2.83. The predicted molar refractivity (Wildman–Crippen MR) is 76.7 cm³/mol. The predicted octanol–water partition coefficient (Wildman–Crippen LogP) is 2.00. The van der Waals surface area contributed by atoms with Crippen LogP contribution in [0, 0.1) is 0 Å². The van der Waals surface area contributed by atoms with Gasteiger partial charge in [0.2, 0.25) is 5.91 Å². The van der Waals surface area contributed by atoms with Gasteiger partial charge < -0.3 is 10.1 Å². The van der Waals surface area contributed by atoms with Crippen molar-refractivity contribution in [3.63, 3.8) is 0 Å². The lowest BCUT2D eigenvalue weighted by atomic mass is 10.3. The second-order valence-corrected chi connectivity index (χ2v) is 4.38. The van der Waals surface area contributed by atoms with Gasteiger partial charge in [-0.25, -0.2) is 9.97 Å². The third-order valence-corrected chi connectivity index (χ3v) is 2.95. The van der Waals surface area contributed by atoms with Crippen LogP contribution in [0.15, 0.2) is 49.1 Å². The van der Waals surface area contributed by atoms with E-state index in [0.29, 0.717) is 17.2 Å². The summed E-state index contributed by atoms with van der Waals surface area (Å²) in [5, 5.41) is 0. The molecule has 0 saturated carbocycles. The minimum atomic E-state index is -0.140. The van der Waals surface area contributed by atoms with E-state index in [4.69, 9.17) is 5.73 Å². The number of pyridine rings is 2. The van der Waals surface area contributed by atoms with Crippen LogP contribution in [-0.2, 0) is 4.79 Å². The highest BCUT2D eigenvalue weighted by Gasteiger charge is 2.16. The number of nitrogen functional groups attached to an aromatic ring is 1. The van der Waals surface area contributed by atoms with Gasteiger partial charge in [-0.1, -0.05) is 0 Å². The molecule has 6 heteroatoms. The summed E-state index contributed by atoms with van der Waals surface area (Å²) in [6.45, 7) is 1.49. The second-order valence-electron chi connectivity index (χ2n) is 4.38. The van der Waals surface area contributed by atoms with Gasteiger partial charge in [0.25, 0.3) is 0 Å².